The molecule has 0 saturated heterocycles. The number of nitrogens with zero attached hydrogens (tertiary/aromatic N) is 4. The standard InChI is InChI=1S/C22H16N4O2Se/c27-26(28)20-13-11-17(12-14-20)23-24-21-15-16-29-22(21)25(18-7-3-1-4-8-18)19-9-5-2-6-10-19/h1-16H. The summed E-state index contributed by atoms with van der Waals surface area (Å²) in [6, 6.07) is 28.3. The van der Waals surface area contributed by atoms with Crippen molar-refractivity contribution in [3.05, 3.63) is 106 Å². The molecule has 0 radical (unpaired) electrons. The first-order chi connectivity index (χ1) is 14.2. The molecule has 142 valence electrons. The fourth-order valence-corrected chi connectivity index (χ4v) is 4.66. The van der Waals surface area contributed by atoms with Crippen LogP contribution in [0, 0.1) is 10.1 Å². The van der Waals surface area contributed by atoms with Crippen molar-refractivity contribution >= 4 is 47.5 Å². The molecule has 3 aromatic carbocycles. The van der Waals surface area contributed by atoms with Gasteiger partial charge in [0.1, 0.15) is 0 Å². The molecular weight excluding hydrogens is 431 g/mol. The van der Waals surface area contributed by atoms with Crippen LogP contribution in [-0.4, -0.2) is 19.4 Å². The number of hydrogen-bond donors (Lipinski definition) is 0. The van der Waals surface area contributed by atoms with Crippen LogP contribution >= 0.6 is 0 Å². The molecule has 4 aromatic rings. The molecule has 0 aliphatic carbocycles. The first-order valence-corrected chi connectivity index (χ1v) is 10.7. The van der Waals surface area contributed by atoms with Gasteiger partial charge in [0.2, 0.25) is 0 Å². The van der Waals surface area contributed by atoms with Crippen LogP contribution in [0.3, 0.4) is 0 Å². The van der Waals surface area contributed by atoms with Gasteiger partial charge < -0.3 is 0 Å². The number of hydrogen-bond acceptors (Lipinski definition) is 5. The number of rotatable bonds is 6. The van der Waals surface area contributed by atoms with Gasteiger partial charge >= 0.3 is 174 Å². The maximum atomic E-state index is 10.8. The molecule has 4 rings (SSSR count). The number of nitro benzene ring substituents is 1. The van der Waals surface area contributed by atoms with Gasteiger partial charge in [-0.2, -0.15) is 0 Å². The van der Waals surface area contributed by atoms with Gasteiger partial charge in [-0.15, -0.1) is 0 Å². The molecule has 1 aromatic heterocycles. The average Bonchev–Trinajstić information content (AvgIpc) is 3.22. The van der Waals surface area contributed by atoms with E-state index in [2.05, 4.69) is 44.3 Å². The van der Waals surface area contributed by atoms with E-state index in [1.54, 1.807) is 12.1 Å². The SMILES string of the molecule is O=[N+]([O-])c1ccc(N=Nc2cc[se]c2N(c2ccccc2)c2ccccc2)cc1. The third-order valence-corrected chi connectivity index (χ3v) is 6.05. The topological polar surface area (TPSA) is 71.1 Å². The Kier molecular flexibility index (Phi) is 5.61. The van der Waals surface area contributed by atoms with Gasteiger partial charge in [0, 0.05) is 0 Å². The monoisotopic (exact) mass is 448 g/mol. The van der Waals surface area contributed by atoms with Crippen LogP contribution in [-0.2, 0) is 0 Å². The predicted octanol–water partition coefficient (Wildman–Crippen LogP) is 6.54. The number of nitro groups is 1. The summed E-state index contributed by atoms with van der Waals surface area (Å²) in [6.07, 6.45) is 0. The number of benzene rings is 3. The van der Waals surface area contributed by atoms with E-state index in [0.717, 1.165) is 21.6 Å². The third-order valence-electron chi connectivity index (χ3n) is 4.19. The summed E-state index contributed by atoms with van der Waals surface area (Å²) in [4.78, 5) is 14.7. The fraction of sp³-hybridized carbons (Fsp3) is 0. The van der Waals surface area contributed by atoms with E-state index in [1.165, 1.54) is 12.1 Å². The fourth-order valence-electron chi connectivity index (χ4n) is 2.83. The Morgan fingerprint density at radius 3 is 1.90 bits per heavy atom. The zero-order valence-electron chi connectivity index (χ0n) is 15.3. The molecule has 0 saturated carbocycles. The first kappa shape index (κ1) is 18.8. The van der Waals surface area contributed by atoms with Crippen molar-refractivity contribution in [2.45, 2.75) is 0 Å². The van der Waals surface area contributed by atoms with Gasteiger partial charge in [-0.3, -0.25) is 0 Å². The minimum atomic E-state index is -0.429. The second kappa shape index (κ2) is 8.65. The number of anilines is 3. The Labute approximate surface area is 173 Å². The zero-order valence-corrected chi connectivity index (χ0v) is 17.0. The van der Waals surface area contributed by atoms with Crippen LogP contribution in [0.1, 0.15) is 0 Å². The second-order valence-corrected chi connectivity index (χ2v) is 7.97. The molecule has 29 heavy (non-hydrogen) atoms. The molecule has 0 amide bonds. The molecule has 1 heterocycles. The van der Waals surface area contributed by atoms with Crippen LogP contribution in [0.25, 0.3) is 0 Å². The van der Waals surface area contributed by atoms with Gasteiger partial charge in [0.05, 0.1) is 0 Å². The Morgan fingerprint density at radius 1 is 0.759 bits per heavy atom. The van der Waals surface area contributed by atoms with Crippen molar-refractivity contribution in [2.24, 2.45) is 10.2 Å². The van der Waals surface area contributed by atoms with E-state index in [-0.39, 0.29) is 20.2 Å². The molecule has 0 spiro atoms. The van der Waals surface area contributed by atoms with Crippen LogP contribution < -0.4 is 4.90 Å². The van der Waals surface area contributed by atoms with E-state index in [4.69, 9.17) is 0 Å². The molecule has 0 unspecified atom stereocenters. The number of para-hydroxylation sites is 2. The minimum absolute atomic E-state index is 0.0345. The van der Waals surface area contributed by atoms with Crippen LogP contribution in [0.5, 0.6) is 0 Å². The van der Waals surface area contributed by atoms with Crippen molar-refractivity contribution in [1.82, 2.24) is 0 Å². The summed E-state index contributed by atoms with van der Waals surface area (Å²) in [7, 11) is 0. The van der Waals surface area contributed by atoms with Gasteiger partial charge in [-0.05, 0) is 0 Å². The predicted molar refractivity (Wildman–Crippen MR) is 115 cm³/mol. The van der Waals surface area contributed by atoms with Gasteiger partial charge in [-0.1, -0.05) is 0 Å². The van der Waals surface area contributed by atoms with Gasteiger partial charge in [-0.25, -0.2) is 0 Å². The number of non-ortho nitro benzene ring substituents is 1. The summed E-state index contributed by atoms with van der Waals surface area (Å²) in [5, 5.41) is 19.5. The maximum absolute atomic E-state index is 10.8. The molecule has 0 bridgehead atoms. The van der Waals surface area contributed by atoms with Crippen molar-refractivity contribution in [1.29, 1.82) is 0 Å². The molecule has 7 heteroatoms. The summed E-state index contributed by atoms with van der Waals surface area (Å²) in [5.41, 5.74) is 3.51. The van der Waals surface area contributed by atoms with Crippen LogP contribution in [0.4, 0.5) is 33.0 Å². The van der Waals surface area contributed by atoms with Crippen molar-refractivity contribution in [3.8, 4) is 0 Å². The molecule has 0 atom stereocenters. The summed E-state index contributed by atoms with van der Waals surface area (Å²) < 4.78 is 1.08. The van der Waals surface area contributed by atoms with Gasteiger partial charge in [0.15, 0.2) is 0 Å². The average molecular weight is 447 g/mol. The van der Waals surface area contributed by atoms with E-state index in [9.17, 15) is 10.1 Å². The Morgan fingerprint density at radius 2 is 1.34 bits per heavy atom. The molecule has 0 aliphatic heterocycles. The summed E-state index contributed by atoms with van der Waals surface area (Å²) >= 11 is 0.107. The Bertz CT molecular complexity index is 1090. The van der Waals surface area contributed by atoms with E-state index in [0.29, 0.717) is 5.69 Å². The quantitative estimate of drug-likeness (QED) is 0.146. The Balaban J connectivity index is 1.70. The van der Waals surface area contributed by atoms with E-state index in [1.807, 2.05) is 42.5 Å². The molecular formula is C22H16N4O2Se. The first-order valence-electron chi connectivity index (χ1n) is 8.86. The molecule has 6 nitrogen and oxygen atoms in total. The molecule has 0 fully saturated rings. The second-order valence-electron chi connectivity index (χ2n) is 6.09. The third kappa shape index (κ3) is 4.32. The molecule has 0 aliphatic rings. The van der Waals surface area contributed by atoms with E-state index >= 15 is 0 Å². The molecule has 0 N–H and O–H groups in total. The number of azo groups is 1. The normalized spacial score (nSPS) is 10.9. The van der Waals surface area contributed by atoms with Crippen molar-refractivity contribution < 1.29 is 4.92 Å². The van der Waals surface area contributed by atoms with Gasteiger partial charge in [0.25, 0.3) is 0 Å². The summed E-state index contributed by atoms with van der Waals surface area (Å²) in [5.74, 6) is 0. The van der Waals surface area contributed by atoms with Crippen LogP contribution in [0.2, 0.25) is 0 Å². The Hall–Kier alpha value is -3.54. The van der Waals surface area contributed by atoms with E-state index < -0.39 is 4.92 Å². The van der Waals surface area contributed by atoms with Crippen LogP contribution in [0.15, 0.2) is 106 Å². The zero-order chi connectivity index (χ0) is 20.1. The van der Waals surface area contributed by atoms with Crippen molar-refractivity contribution in [2.75, 3.05) is 4.90 Å². The summed E-state index contributed by atoms with van der Waals surface area (Å²) in [6.45, 7) is 0. The van der Waals surface area contributed by atoms with Crippen molar-refractivity contribution in [3.63, 3.8) is 0 Å².